The minimum absolute atomic E-state index is 0.291. The molecule has 0 bridgehead atoms. The van der Waals surface area contributed by atoms with Gasteiger partial charge in [0.1, 0.15) is 0 Å². The first-order valence-corrected chi connectivity index (χ1v) is 8.77. The lowest BCUT2D eigenvalue weighted by Gasteiger charge is -2.23. The fourth-order valence-electron chi connectivity index (χ4n) is 3.51. The third kappa shape index (κ3) is 3.03. The maximum absolute atomic E-state index is 12.5. The average molecular weight is 358 g/mol. The molecule has 1 atom stereocenters. The van der Waals surface area contributed by atoms with Crippen molar-refractivity contribution in [2.45, 2.75) is 19.4 Å². The largest absolute Gasteiger partial charge is 0.493 e. The average Bonchev–Trinajstić information content (AvgIpc) is 3.18. The molecule has 1 aromatic heterocycles. The van der Waals surface area contributed by atoms with E-state index < -0.39 is 0 Å². The number of hydrogen-bond donors (Lipinski definition) is 0. The molecule has 2 aliphatic rings. The van der Waals surface area contributed by atoms with Crippen molar-refractivity contribution in [3.63, 3.8) is 0 Å². The lowest BCUT2D eigenvalue weighted by atomic mass is 9.97. The van der Waals surface area contributed by atoms with E-state index in [1.165, 1.54) is 0 Å². The molecule has 0 saturated carbocycles. The van der Waals surface area contributed by atoms with Crippen LogP contribution in [0.3, 0.4) is 0 Å². The Morgan fingerprint density at radius 3 is 2.77 bits per heavy atom. The molecule has 0 amide bonds. The van der Waals surface area contributed by atoms with Crippen LogP contribution in [0.5, 0.6) is 17.4 Å². The zero-order chi connectivity index (χ0) is 18.1. The normalized spacial score (nSPS) is 18.2. The molecular weight excluding hydrogens is 336 g/mol. The van der Waals surface area contributed by atoms with E-state index in [0.717, 1.165) is 36.3 Å². The molecule has 7 heteroatoms. The fraction of sp³-hybridized carbons (Fsp3) is 0.474. The summed E-state index contributed by atoms with van der Waals surface area (Å²) >= 11 is 0. The lowest BCUT2D eigenvalue weighted by Crippen LogP contribution is -2.29. The highest BCUT2D eigenvalue weighted by Gasteiger charge is 2.23. The van der Waals surface area contributed by atoms with E-state index in [-0.39, 0.29) is 5.69 Å². The van der Waals surface area contributed by atoms with E-state index in [2.05, 4.69) is 4.98 Å². The topological polar surface area (TPSA) is 71.8 Å². The first-order valence-electron chi connectivity index (χ1n) is 8.77. The van der Waals surface area contributed by atoms with Crippen LogP contribution in [0.25, 0.3) is 11.3 Å². The molecule has 2 aromatic rings. The smallest absolute Gasteiger partial charge is 0.351 e. The number of nitrogens with zero attached hydrogens (tertiary/aromatic N) is 2. The van der Waals surface area contributed by atoms with Crippen molar-refractivity contribution in [2.75, 3.05) is 34.0 Å². The van der Waals surface area contributed by atoms with Crippen molar-refractivity contribution < 1.29 is 18.9 Å². The van der Waals surface area contributed by atoms with Gasteiger partial charge in [0.05, 0.1) is 33.1 Å². The molecule has 1 saturated heterocycles. The van der Waals surface area contributed by atoms with Crippen LogP contribution >= 0.6 is 0 Å². The molecule has 1 aromatic carbocycles. The number of rotatable bonds is 5. The van der Waals surface area contributed by atoms with Gasteiger partial charge in [-0.2, -0.15) is 4.98 Å². The molecule has 7 nitrogen and oxygen atoms in total. The SMILES string of the molecule is COc1cc2c(cc1OC)-c1cc(OCC3CCOC3)nc(=O)n1CC2. The van der Waals surface area contributed by atoms with E-state index in [1.807, 2.05) is 18.2 Å². The number of aryl methyl sites for hydroxylation is 1. The maximum Gasteiger partial charge on any atom is 0.351 e. The van der Waals surface area contributed by atoms with Crippen LogP contribution in [-0.4, -0.2) is 43.6 Å². The summed E-state index contributed by atoms with van der Waals surface area (Å²) in [6, 6.07) is 5.72. The highest BCUT2D eigenvalue weighted by molar-refractivity contribution is 5.70. The van der Waals surface area contributed by atoms with Crippen molar-refractivity contribution in [3.8, 4) is 28.6 Å². The number of fused-ring (bicyclic) bond motifs is 3. The summed E-state index contributed by atoms with van der Waals surface area (Å²) in [5, 5.41) is 0. The van der Waals surface area contributed by atoms with Crippen molar-refractivity contribution in [1.82, 2.24) is 9.55 Å². The Kier molecular flexibility index (Phi) is 4.55. The van der Waals surface area contributed by atoms with Gasteiger partial charge in [0.2, 0.25) is 5.88 Å². The van der Waals surface area contributed by atoms with E-state index in [0.29, 0.717) is 43.1 Å². The van der Waals surface area contributed by atoms with Crippen LogP contribution < -0.4 is 19.9 Å². The molecule has 1 unspecified atom stereocenters. The molecule has 0 aliphatic carbocycles. The van der Waals surface area contributed by atoms with Gasteiger partial charge in [-0.3, -0.25) is 4.57 Å². The lowest BCUT2D eigenvalue weighted by molar-refractivity contribution is 0.165. The Labute approximate surface area is 151 Å². The Bertz CT molecular complexity index is 871. The summed E-state index contributed by atoms with van der Waals surface area (Å²) in [4.78, 5) is 16.5. The summed E-state index contributed by atoms with van der Waals surface area (Å²) in [7, 11) is 3.22. The molecule has 2 aliphatic heterocycles. The van der Waals surface area contributed by atoms with Gasteiger partial charge in [0.15, 0.2) is 11.5 Å². The van der Waals surface area contributed by atoms with Crippen molar-refractivity contribution >= 4 is 0 Å². The van der Waals surface area contributed by atoms with E-state index in [1.54, 1.807) is 18.8 Å². The molecule has 26 heavy (non-hydrogen) atoms. The van der Waals surface area contributed by atoms with Crippen molar-refractivity contribution in [2.24, 2.45) is 5.92 Å². The number of methoxy groups -OCH3 is 2. The monoisotopic (exact) mass is 358 g/mol. The highest BCUT2D eigenvalue weighted by Crippen LogP contribution is 2.38. The van der Waals surface area contributed by atoms with Crippen LogP contribution in [0.1, 0.15) is 12.0 Å². The Morgan fingerprint density at radius 2 is 2.04 bits per heavy atom. The predicted octanol–water partition coefficient (Wildman–Crippen LogP) is 1.90. The minimum atomic E-state index is -0.291. The Morgan fingerprint density at radius 1 is 1.23 bits per heavy atom. The molecular formula is C19H22N2O5. The van der Waals surface area contributed by atoms with Gasteiger partial charge in [-0.15, -0.1) is 0 Å². The molecule has 1 fully saturated rings. The zero-order valence-corrected chi connectivity index (χ0v) is 15.0. The van der Waals surface area contributed by atoms with Gasteiger partial charge in [-0.05, 0) is 30.5 Å². The number of hydrogen-bond acceptors (Lipinski definition) is 6. The third-order valence-electron chi connectivity index (χ3n) is 4.97. The first kappa shape index (κ1) is 16.9. The number of aromatic nitrogens is 2. The zero-order valence-electron chi connectivity index (χ0n) is 15.0. The van der Waals surface area contributed by atoms with Gasteiger partial charge < -0.3 is 18.9 Å². The molecule has 0 N–H and O–H groups in total. The quantitative estimate of drug-likeness (QED) is 0.813. The first-order chi connectivity index (χ1) is 12.7. The molecule has 0 radical (unpaired) electrons. The van der Waals surface area contributed by atoms with Gasteiger partial charge in [-0.25, -0.2) is 4.79 Å². The van der Waals surface area contributed by atoms with Gasteiger partial charge in [0, 0.05) is 30.7 Å². The van der Waals surface area contributed by atoms with E-state index >= 15 is 0 Å². The standard InChI is InChI=1S/C19H22N2O5/c1-23-16-7-13-3-5-21-15(14(13)8-17(16)24-2)9-18(20-19(21)22)26-11-12-4-6-25-10-12/h7-9,12H,3-6,10-11H2,1-2H3. The second-order valence-electron chi connectivity index (χ2n) is 6.57. The summed E-state index contributed by atoms with van der Waals surface area (Å²) in [6.45, 7) is 2.56. The maximum atomic E-state index is 12.5. The molecule has 3 heterocycles. The van der Waals surface area contributed by atoms with Crippen LogP contribution in [-0.2, 0) is 17.7 Å². The van der Waals surface area contributed by atoms with Gasteiger partial charge in [0.25, 0.3) is 0 Å². The second-order valence-corrected chi connectivity index (χ2v) is 6.57. The van der Waals surface area contributed by atoms with Crippen molar-refractivity contribution in [1.29, 1.82) is 0 Å². The highest BCUT2D eigenvalue weighted by atomic mass is 16.5. The van der Waals surface area contributed by atoms with E-state index in [9.17, 15) is 4.79 Å². The number of ether oxygens (including phenoxy) is 4. The van der Waals surface area contributed by atoms with Crippen LogP contribution in [0, 0.1) is 5.92 Å². The molecule has 138 valence electrons. The van der Waals surface area contributed by atoms with Crippen LogP contribution in [0.4, 0.5) is 0 Å². The minimum Gasteiger partial charge on any atom is -0.493 e. The Balaban J connectivity index is 1.70. The fourth-order valence-corrected chi connectivity index (χ4v) is 3.51. The van der Waals surface area contributed by atoms with Gasteiger partial charge in [-0.1, -0.05) is 0 Å². The summed E-state index contributed by atoms with van der Waals surface area (Å²) in [5.74, 6) is 2.03. The molecule has 4 rings (SSSR count). The van der Waals surface area contributed by atoms with Crippen LogP contribution in [0.15, 0.2) is 23.0 Å². The van der Waals surface area contributed by atoms with Crippen LogP contribution in [0.2, 0.25) is 0 Å². The Hall–Kier alpha value is -2.54. The third-order valence-corrected chi connectivity index (χ3v) is 4.97. The van der Waals surface area contributed by atoms with Crippen molar-refractivity contribution in [3.05, 3.63) is 34.2 Å². The van der Waals surface area contributed by atoms with E-state index in [4.69, 9.17) is 18.9 Å². The van der Waals surface area contributed by atoms with Gasteiger partial charge >= 0.3 is 5.69 Å². The molecule has 0 spiro atoms. The summed E-state index contributed by atoms with van der Waals surface area (Å²) in [5.41, 5.74) is 2.57. The summed E-state index contributed by atoms with van der Waals surface area (Å²) in [6.07, 6.45) is 1.72. The second kappa shape index (κ2) is 6.99. The predicted molar refractivity (Wildman–Crippen MR) is 95.2 cm³/mol. The summed E-state index contributed by atoms with van der Waals surface area (Å²) < 4.78 is 23.6. The number of benzene rings is 1.